The number of fused-ring (bicyclic) bond motifs is 2. The van der Waals surface area contributed by atoms with Crippen LogP contribution in [0.3, 0.4) is 0 Å². The lowest BCUT2D eigenvalue weighted by molar-refractivity contribution is -0.130. The van der Waals surface area contributed by atoms with E-state index in [0.29, 0.717) is 24.3 Å². The molecule has 1 N–H and O–H groups in total. The molecule has 2 aliphatic rings. The summed E-state index contributed by atoms with van der Waals surface area (Å²) in [5.74, 6) is 1.80. The number of hydrogen-bond donors (Lipinski definition) is 1. The second-order valence-electron chi connectivity index (χ2n) is 7.92. The number of rotatable bonds is 6. The van der Waals surface area contributed by atoms with Gasteiger partial charge in [0.15, 0.2) is 0 Å². The van der Waals surface area contributed by atoms with E-state index in [1.807, 2.05) is 42.2 Å². The van der Waals surface area contributed by atoms with Crippen molar-refractivity contribution in [2.45, 2.75) is 32.4 Å². The Morgan fingerprint density at radius 1 is 1.13 bits per heavy atom. The maximum atomic E-state index is 11.7. The summed E-state index contributed by atoms with van der Waals surface area (Å²) in [6, 6.07) is 14.3. The molecule has 1 amide bonds. The lowest BCUT2D eigenvalue weighted by atomic mass is 9.90. The maximum Gasteiger partial charge on any atom is 0.219 e. The molecule has 2 atom stereocenters. The molecule has 4 rings (SSSR count). The number of halogens is 1. The predicted octanol–water partition coefficient (Wildman–Crippen LogP) is 4.08. The van der Waals surface area contributed by atoms with E-state index < -0.39 is 0 Å². The second-order valence-corrected chi connectivity index (χ2v) is 8.36. The summed E-state index contributed by atoms with van der Waals surface area (Å²) >= 11 is 5.97. The highest BCUT2D eigenvalue weighted by atomic mass is 35.5. The fourth-order valence-electron chi connectivity index (χ4n) is 4.11. The molecule has 2 heterocycles. The Morgan fingerprint density at radius 3 is 2.60 bits per heavy atom. The van der Waals surface area contributed by atoms with Gasteiger partial charge in [-0.05, 0) is 60.4 Å². The smallest absolute Gasteiger partial charge is 0.219 e. The third-order valence-corrected chi connectivity index (χ3v) is 5.83. The van der Waals surface area contributed by atoms with Crippen molar-refractivity contribution < 1.29 is 14.3 Å². The number of benzene rings is 2. The number of carbonyl (C=O) groups is 1. The van der Waals surface area contributed by atoms with Crippen LogP contribution in [0.25, 0.3) is 5.57 Å². The molecule has 2 unspecified atom stereocenters. The molecule has 2 bridgehead atoms. The minimum Gasteiger partial charge on any atom is -0.490 e. The first-order chi connectivity index (χ1) is 14.5. The number of nitrogens with zero attached hydrogens (tertiary/aromatic N) is 1. The molecule has 0 aromatic heterocycles. The number of ether oxygens (including phenoxy) is 2. The molecule has 2 aromatic rings. The molecule has 1 fully saturated rings. The number of nitrogens with one attached hydrogen (secondary N) is 1. The van der Waals surface area contributed by atoms with Crippen LogP contribution in [0.1, 0.15) is 24.5 Å². The quantitative estimate of drug-likeness (QED) is 0.707. The van der Waals surface area contributed by atoms with Gasteiger partial charge in [-0.2, -0.15) is 0 Å². The Morgan fingerprint density at radius 2 is 1.90 bits per heavy atom. The van der Waals surface area contributed by atoms with E-state index in [9.17, 15) is 4.79 Å². The Hall–Kier alpha value is -2.50. The lowest BCUT2D eigenvalue weighted by Crippen LogP contribution is -2.58. The number of aryl methyl sites for hydroxylation is 1. The number of hydrogen-bond acceptors (Lipinski definition) is 4. The summed E-state index contributed by atoms with van der Waals surface area (Å²) in [7, 11) is 0. The Labute approximate surface area is 182 Å². The van der Waals surface area contributed by atoms with E-state index in [0.717, 1.165) is 36.6 Å². The van der Waals surface area contributed by atoms with Gasteiger partial charge in [-0.1, -0.05) is 29.8 Å². The molecule has 0 aliphatic carbocycles. The van der Waals surface area contributed by atoms with Crippen molar-refractivity contribution in [3.05, 3.63) is 64.7 Å². The van der Waals surface area contributed by atoms with E-state index in [1.165, 1.54) is 11.1 Å². The van der Waals surface area contributed by atoms with Gasteiger partial charge in [0.25, 0.3) is 0 Å². The highest BCUT2D eigenvalue weighted by molar-refractivity contribution is 6.30. The molecule has 158 valence electrons. The zero-order valence-corrected chi connectivity index (χ0v) is 18.1. The summed E-state index contributed by atoms with van der Waals surface area (Å²) in [6.07, 6.45) is 3.18. The van der Waals surface area contributed by atoms with Crippen molar-refractivity contribution in [3.63, 3.8) is 0 Å². The maximum absolute atomic E-state index is 11.7. The largest absolute Gasteiger partial charge is 0.490 e. The highest BCUT2D eigenvalue weighted by Crippen LogP contribution is 2.29. The van der Waals surface area contributed by atoms with Crippen molar-refractivity contribution >= 4 is 23.1 Å². The monoisotopic (exact) mass is 426 g/mol. The second kappa shape index (κ2) is 9.11. The molecular weight excluding hydrogens is 400 g/mol. The number of piperazine rings is 1. The van der Waals surface area contributed by atoms with Gasteiger partial charge >= 0.3 is 0 Å². The van der Waals surface area contributed by atoms with Crippen molar-refractivity contribution in [2.75, 3.05) is 26.3 Å². The molecule has 30 heavy (non-hydrogen) atoms. The topological polar surface area (TPSA) is 50.8 Å². The van der Waals surface area contributed by atoms with Crippen LogP contribution in [0.2, 0.25) is 5.02 Å². The predicted molar refractivity (Wildman–Crippen MR) is 119 cm³/mol. The first-order valence-electron chi connectivity index (χ1n) is 10.3. The zero-order chi connectivity index (χ0) is 21.1. The van der Waals surface area contributed by atoms with Crippen molar-refractivity contribution in [3.8, 4) is 11.5 Å². The van der Waals surface area contributed by atoms with Gasteiger partial charge in [-0.25, -0.2) is 0 Å². The Bertz CT molecular complexity index is 942. The molecule has 2 aromatic carbocycles. The van der Waals surface area contributed by atoms with E-state index >= 15 is 0 Å². The average molecular weight is 427 g/mol. The van der Waals surface area contributed by atoms with Gasteiger partial charge in [-0.15, -0.1) is 0 Å². The summed E-state index contributed by atoms with van der Waals surface area (Å²) in [6.45, 7) is 6.07. The standard InChI is InChI=1S/C24H27ClN2O3/c1-16-11-20(25)5-8-24(16)30-10-9-29-23-6-3-18(4-7-23)19-12-21-14-27(17(2)28)15-22(13-19)26-21/h3-8,11-12,21-22,26H,9-10,13-15H2,1-2H3. The fourth-order valence-corrected chi connectivity index (χ4v) is 4.34. The van der Waals surface area contributed by atoms with Gasteiger partial charge in [0, 0.05) is 37.1 Å². The van der Waals surface area contributed by atoms with Gasteiger partial charge in [-0.3, -0.25) is 4.79 Å². The highest BCUT2D eigenvalue weighted by Gasteiger charge is 2.31. The molecular formula is C24H27ClN2O3. The molecule has 1 saturated heterocycles. The van der Waals surface area contributed by atoms with Crippen LogP contribution in [0.4, 0.5) is 0 Å². The van der Waals surface area contributed by atoms with Crippen molar-refractivity contribution in [1.82, 2.24) is 10.2 Å². The van der Waals surface area contributed by atoms with E-state index in [-0.39, 0.29) is 11.9 Å². The summed E-state index contributed by atoms with van der Waals surface area (Å²) in [4.78, 5) is 13.6. The summed E-state index contributed by atoms with van der Waals surface area (Å²) in [5.41, 5.74) is 3.56. The van der Waals surface area contributed by atoms with E-state index in [2.05, 4.69) is 23.5 Å². The molecule has 6 heteroatoms. The SMILES string of the molecule is CC(=O)N1CC2C=C(c3ccc(OCCOc4ccc(Cl)cc4C)cc3)CC(C1)N2. The minimum absolute atomic E-state index is 0.153. The van der Waals surface area contributed by atoms with E-state index in [4.69, 9.17) is 21.1 Å². The fraction of sp³-hybridized carbons (Fsp3) is 0.375. The van der Waals surface area contributed by atoms with Gasteiger partial charge in [0.05, 0.1) is 0 Å². The molecule has 0 spiro atoms. The van der Waals surface area contributed by atoms with Crippen LogP contribution < -0.4 is 14.8 Å². The summed E-state index contributed by atoms with van der Waals surface area (Å²) < 4.78 is 11.6. The summed E-state index contributed by atoms with van der Waals surface area (Å²) in [5, 5.41) is 4.30. The molecule has 0 saturated carbocycles. The van der Waals surface area contributed by atoms with Crippen molar-refractivity contribution in [2.24, 2.45) is 0 Å². The normalized spacial score (nSPS) is 20.5. The zero-order valence-electron chi connectivity index (χ0n) is 17.4. The van der Waals surface area contributed by atoms with Crippen LogP contribution in [0.15, 0.2) is 48.5 Å². The number of carbonyl (C=O) groups excluding carboxylic acids is 1. The molecule has 0 radical (unpaired) electrons. The number of amides is 1. The molecule has 5 nitrogen and oxygen atoms in total. The van der Waals surface area contributed by atoms with Gasteiger partial charge < -0.3 is 19.7 Å². The van der Waals surface area contributed by atoms with Crippen molar-refractivity contribution in [1.29, 1.82) is 0 Å². The molecule has 2 aliphatic heterocycles. The van der Waals surface area contributed by atoms with Crippen LogP contribution in [0, 0.1) is 6.92 Å². The third-order valence-electron chi connectivity index (χ3n) is 5.59. The Kier molecular flexibility index (Phi) is 6.30. The van der Waals surface area contributed by atoms with E-state index in [1.54, 1.807) is 6.92 Å². The van der Waals surface area contributed by atoms with Gasteiger partial charge in [0.1, 0.15) is 24.7 Å². The van der Waals surface area contributed by atoms with Crippen LogP contribution in [-0.2, 0) is 4.79 Å². The third kappa shape index (κ3) is 4.97. The van der Waals surface area contributed by atoms with Gasteiger partial charge in [0.2, 0.25) is 5.91 Å². The first-order valence-corrected chi connectivity index (χ1v) is 10.7. The average Bonchev–Trinajstić information content (AvgIpc) is 2.72. The Balaban J connectivity index is 1.30. The van der Waals surface area contributed by atoms with Crippen LogP contribution >= 0.6 is 11.6 Å². The van der Waals surface area contributed by atoms with Crippen LogP contribution in [-0.4, -0.2) is 49.2 Å². The lowest BCUT2D eigenvalue weighted by Gasteiger charge is -2.41. The minimum atomic E-state index is 0.153. The first kappa shape index (κ1) is 20.8. The van der Waals surface area contributed by atoms with Crippen LogP contribution in [0.5, 0.6) is 11.5 Å².